The summed E-state index contributed by atoms with van der Waals surface area (Å²) in [4.78, 5) is 8.73. The molecule has 0 spiro atoms. The van der Waals surface area contributed by atoms with Gasteiger partial charge in [0.1, 0.15) is 15.8 Å². The molecule has 0 N–H and O–H groups in total. The van der Waals surface area contributed by atoms with Crippen molar-refractivity contribution >= 4 is 27.0 Å². The summed E-state index contributed by atoms with van der Waals surface area (Å²) in [7, 11) is 0. The first-order valence-electron chi connectivity index (χ1n) is 5.68. The summed E-state index contributed by atoms with van der Waals surface area (Å²) < 4.78 is 21.9. The molecule has 6 heteroatoms. The zero-order valence-electron chi connectivity index (χ0n) is 9.60. The molecular weight excluding hydrogens is 313 g/mol. The van der Waals surface area contributed by atoms with E-state index in [9.17, 15) is 4.39 Å². The maximum absolute atomic E-state index is 13.8. The number of hydrogen-bond acceptors (Lipinski definition) is 3. The summed E-state index contributed by atoms with van der Waals surface area (Å²) in [6.07, 6.45) is 0. The highest BCUT2D eigenvalue weighted by Crippen LogP contribution is 2.35. The molecule has 4 nitrogen and oxygen atoms in total. The first-order chi connectivity index (χ1) is 9.24. The van der Waals surface area contributed by atoms with Gasteiger partial charge in [-0.1, -0.05) is 6.07 Å². The number of fused-ring (bicyclic) bond motifs is 5. The van der Waals surface area contributed by atoms with E-state index in [-0.39, 0.29) is 5.82 Å². The normalized spacial score (nSPS) is 12.9. The standard InChI is InChI=1S/C13H7BrFN3O/c14-10-5-4-9-12(16-10)13-17-11-7(15)2-1-3-8(11)18(13)6-19-9/h1-5H,6H2. The van der Waals surface area contributed by atoms with E-state index in [0.29, 0.717) is 39.6 Å². The quantitative estimate of drug-likeness (QED) is 0.596. The number of para-hydroxylation sites is 1. The molecule has 4 rings (SSSR count). The second-order valence-corrected chi connectivity index (χ2v) is 5.04. The summed E-state index contributed by atoms with van der Waals surface area (Å²) in [6.45, 7) is 0.311. The Balaban J connectivity index is 2.09. The van der Waals surface area contributed by atoms with Crippen molar-refractivity contribution in [3.63, 3.8) is 0 Å². The number of imidazole rings is 1. The van der Waals surface area contributed by atoms with Crippen LogP contribution >= 0.6 is 15.9 Å². The molecule has 2 aromatic heterocycles. The highest BCUT2D eigenvalue weighted by atomic mass is 79.9. The van der Waals surface area contributed by atoms with Crippen molar-refractivity contribution in [2.24, 2.45) is 0 Å². The number of benzene rings is 1. The Bertz CT molecular complexity index is 815. The maximum Gasteiger partial charge on any atom is 0.167 e. The third-order valence-corrected chi connectivity index (χ3v) is 3.56. The lowest BCUT2D eigenvalue weighted by atomic mass is 10.3. The number of hydrogen-bond donors (Lipinski definition) is 0. The topological polar surface area (TPSA) is 39.9 Å². The molecule has 1 aliphatic heterocycles. The minimum absolute atomic E-state index is 0.311. The average Bonchev–Trinajstić information content (AvgIpc) is 2.79. The zero-order valence-corrected chi connectivity index (χ0v) is 11.2. The second-order valence-electron chi connectivity index (χ2n) is 4.23. The molecule has 0 saturated heterocycles. The number of aromatic nitrogens is 3. The highest BCUT2D eigenvalue weighted by Gasteiger charge is 2.23. The van der Waals surface area contributed by atoms with Crippen LogP contribution in [0.25, 0.3) is 22.6 Å². The Hall–Kier alpha value is -1.95. The number of ether oxygens (including phenoxy) is 1. The van der Waals surface area contributed by atoms with Crippen molar-refractivity contribution in [3.8, 4) is 17.3 Å². The average molecular weight is 320 g/mol. The van der Waals surface area contributed by atoms with Crippen LogP contribution in [-0.2, 0) is 6.73 Å². The molecule has 0 bridgehead atoms. The van der Waals surface area contributed by atoms with Crippen molar-refractivity contribution in [1.82, 2.24) is 14.5 Å². The van der Waals surface area contributed by atoms with Crippen molar-refractivity contribution < 1.29 is 9.13 Å². The predicted octanol–water partition coefficient (Wildman–Crippen LogP) is 3.35. The highest BCUT2D eigenvalue weighted by molar-refractivity contribution is 9.10. The van der Waals surface area contributed by atoms with E-state index >= 15 is 0 Å². The molecule has 0 aliphatic carbocycles. The third-order valence-electron chi connectivity index (χ3n) is 3.11. The molecular formula is C13H7BrFN3O. The third kappa shape index (κ3) is 1.49. The summed E-state index contributed by atoms with van der Waals surface area (Å²) in [5, 5.41) is 0. The van der Waals surface area contributed by atoms with Crippen LogP contribution in [0.2, 0.25) is 0 Å². The van der Waals surface area contributed by atoms with Crippen molar-refractivity contribution in [2.75, 3.05) is 0 Å². The minimum Gasteiger partial charge on any atom is -0.470 e. The lowest BCUT2D eigenvalue weighted by Gasteiger charge is -2.18. The van der Waals surface area contributed by atoms with Gasteiger partial charge in [-0.15, -0.1) is 0 Å². The van der Waals surface area contributed by atoms with Crippen LogP contribution in [0.5, 0.6) is 5.75 Å². The number of rotatable bonds is 0. The molecule has 0 fully saturated rings. The van der Waals surface area contributed by atoms with E-state index in [0.717, 1.165) is 0 Å². The Morgan fingerprint density at radius 2 is 2.11 bits per heavy atom. The molecule has 94 valence electrons. The van der Waals surface area contributed by atoms with Gasteiger partial charge in [0, 0.05) is 0 Å². The van der Waals surface area contributed by atoms with E-state index in [2.05, 4.69) is 25.9 Å². The summed E-state index contributed by atoms with van der Waals surface area (Å²) in [5.74, 6) is 0.949. The fourth-order valence-electron chi connectivity index (χ4n) is 2.26. The van der Waals surface area contributed by atoms with E-state index in [1.165, 1.54) is 6.07 Å². The smallest absolute Gasteiger partial charge is 0.167 e. The molecule has 3 heterocycles. The molecule has 1 aliphatic rings. The second kappa shape index (κ2) is 3.77. The Kier molecular flexibility index (Phi) is 2.17. The molecule has 0 atom stereocenters. The molecule has 19 heavy (non-hydrogen) atoms. The lowest BCUT2D eigenvalue weighted by molar-refractivity contribution is 0.233. The van der Waals surface area contributed by atoms with Crippen LogP contribution in [0.3, 0.4) is 0 Å². The minimum atomic E-state index is -0.337. The van der Waals surface area contributed by atoms with E-state index in [1.54, 1.807) is 12.1 Å². The molecule has 3 aromatic rings. The van der Waals surface area contributed by atoms with E-state index < -0.39 is 0 Å². The summed E-state index contributed by atoms with van der Waals surface area (Å²) in [6, 6.07) is 8.51. The van der Waals surface area contributed by atoms with Gasteiger partial charge in [0.15, 0.2) is 24.1 Å². The van der Waals surface area contributed by atoms with Crippen LogP contribution in [0, 0.1) is 5.82 Å². The molecule has 0 radical (unpaired) electrons. The lowest BCUT2D eigenvalue weighted by Crippen LogP contribution is -2.13. The summed E-state index contributed by atoms with van der Waals surface area (Å²) >= 11 is 3.32. The SMILES string of the molecule is Fc1cccc2c1nc1n2COc2ccc(Br)nc2-1. The molecule has 0 amide bonds. The Morgan fingerprint density at radius 3 is 3.00 bits per heavy atom. The van der Waals surface area contributed by atoms with Gasteiger partial charge in [-0.25, -0.2) is 14.4 Å². The molecule has 1 aromatic carbocycles. The maximum atomic E-state index is 13.8. The first-order valence-corrected chi connectivity index (χ1v) is 6.48. The van der Waals surface area contributed by atoms with Gasteiger partial charge in [-0.05, 0) is 40.2 Å². The van der Waals surface area contributed by atoms with E-state index in [1.807, 2.05) is 16.7 Å². The predicted molar refractivity (Wildman–Crippen MR) is 71.3 cm³/mol. The Labute approximate surface area is 116 Å². The van der Waals surface area contributed by atoms with Gasteiger partial charge in [0.25, 0.3) is 0 Å². The van der Waals surface area contributed by atoms with Crippen molar-refractivity contribution in [3.05, 3.63) is 40.8 Å². The molecule has 0 unspecified atom stereocenters. The van der Waals surface area contributed by atoms with Gasteiger partial charge in [-0.3, -0.25) is 4.57 Å². The van der Waals surface area contributed by atoms with Gasteiger partial charge in [-0.2, -0.15) is 0 Å². The van der Waals surface area contributed by atoms with E-state index in [4.69, 9.17) is 4.74 Å². The van der Waals surface area contributed by atoms with Gasteiger partial charge >= 0.3 is 0 Å². The number of pyridine rings is 1. The first kappa shape index (κ1) is 10.9. The Morgan fingerprint density at radius 1 is 1.21 bits per heavy atom. The number of nitrogens with zero attached hydrogens (tertiary/aromatic N) is 3. The zero-order chi connectivity index (χ0) is 13.0. The fourth-order valence-corrected chi connectivity index (χ4v) is 2.57. The largest absolute Gasteiger partial charge is 0.470 e. The van der Waals surface area contributed by atoms with Crippen LogP contribution in [0.4, 0.5) is 4.39 Å². The van der Waals surface area contributed by atoms with Crippen molar-refractivity contribution in [2.45, 2.75) is 6.73 Å². The van der Waals surface area contributed by atoms with Crippen molar-refractivity contribution in [1.29, 1.82) is 0 Å². The van der Waals surface area contributed by atoms with Crippen LogP contribution < -0.4 is 4.74 Å². The number of halogens is 2. The van der Waals surface area contributed by atoms with Gasteiger partial charge in [0.2, 0.25) is 0 Å². The summed E-state index contributed by atoms with van der Waals surface area (Å²) in [5.41, 5.74) is 1.68. The van der Waals surface area contributed by atoms with Crippen LogP contribution in [0.15, 0.2) is 34.9 Å². The van der Waals surface area contributed by atoms with Crippen LogP contribution in [0.1, 0.15) is 0 Å². The molecule has 0 saturated carbocycles. The van der Waals surface area contributed by atoms with Crippen LogP contribution in [-0.4, -0.2) is 14.5 Å². The van der Waals surface area contributed by atoms with Gasteiger partial charge < -0.3 is 4.74 Å². The van der Waals surface area contributed by atoms with Gasteiger partial charge in [0.05, 0.1) is 5.52 Å². The monoisotopic (exact) mass is 319 g/mol. The fraction of sp³-hybridized carbons (Fsp3) is 0.0769.